The molecule has 3 saturated carbocycles. The van der Waals surface area contributed by atoms with E-state index in [1.54, 1.807) is 5.57 Å². The number of non-ortho nitro benzene ring substituents is 1. The molecule has 0 N–H and O–H groups in total. The summed E-state index contributed by atoms with van der Waals surface area (Å²) in [5, 5.41) is 10.7. The van der Waals surface area contributed by atoms with Crippen molar-refractivity contribution in [3.8, 4) is 5.75 Å². The number of carbonyl (C=O) groups is 1. The van der Waals surface area contributed by atoms with Gasteiger partial charge in [0, 0.05) is 18.7 Å². The van der Waals surface area contributed by atoms with Crippen LogP contribution in [0.2, 0.25) is 0 Å². The standard InChI is InChI=1S/C39H59NO6/c1-27(2)7-6-8-28(3)34-15-16-35-33-14-9-30-25-29(17-20-38(30,4)36(33)18-21-39(34,35)5)19-22-44-23-24-45-26-37(41)46-32-12-10-31(11-13-32)40(42)43/h9-13,27-29,33-36H,6-8,14-26H2,1-5H3/t28-,29-,33+,34-,35+,36+,38+,39-/m1/s1. The van der Waals surface area contributed by atoms with Crippen molar-refractivity contribution in [1.82, 2.24) is 0 Å². The minimum absolute atomic E-state index is 0.0499. The summed E-state index contributed by atoms with van der Waals surface area (Å²) in [5.41, 5.74) is 2.64. The Bertz CT molecular complexity index is 1210. The predicted molar refractivity (Wildman–Crippen MR) is 182 cm³/mol. The van der Waals surface area contributed by atoms with E-state index in [4.69, 9.17) is 14.2 Å². The highest BCUT2D eigenvalue weighted by molar-refractivity contribution is 5.73. The highest BCUT2D eigenvalue weighted by atomic mass is 16.6. The molecule has 4 aliphatic carbocycles. The number of ether oxygens (including phenoxy) is 3. The van der Waals surface area contributed by atoms with Gasteiger partial charge in [0.2, 0.25) is 0 Å². The van der Waals surface area contributed by atoms with E-state index in [1.165, 1.54) is 94.9 Å². The van der Waals surface area contributed by atoms with Crippen molar-refractivity contribution in [2.45, 2.75) is 112 Å². The summed E-state index contributed by atoms with van der Waals surface area (Å²) in [7, 11) is 0. The topological polar surface area (TPSA) is 87.9 Å². The average molecular weight is 638 g/mol. The van der Waals surface area contributed by atoms with Crippen molar-refractivity contribution >= 4 is 11.7 Å². The van der Waals surface area contributed by atoms with Crippen LogP contribution >= 0.6 is 0 Å². The molecule has 46 heavy (non-hydrogen) atoms. The van der Waals surface area contributed by atoms with Crippen LogP contribution in [0.1, 0.15) is 112 Å². The number of benzene rings is 1. The van der Waals surface area contributed by atoms with Crippen LogP contribution in [0.15, 0.2) is 35.9 Å². The number of hydrogen-bond acceptors (Lipinski definition) is 6. The summed E-state index contributed by atoms with van der Waals surface area (Å²) in [6.45, 7) is 13.9. The third-order valence-corrected chi connectivity index (χ3v) is 12.9. The van der Waals surface area contributed by atoms with Crippen molar-refractivity contribution in [3.05, 3.63) is 46.0 Å². The molecular weight excluding hydrogens is 578 g/mol. The fourth-order valence-electron chi connectivity index (χ4n) is 10.4. The lowest BCUT2D eigenvalue weighted by molar-refractivity contribution is -0.384. The lowest BCUT2D eigenvalue weighted by atomic mass is 9.46. The highest BCUT2D eigenvalue weighted by Gasteiger charge is 2.59. The summed E-state index contributed by atoms with van der Waals surface area (Å²) in [6.07, 6.45) is 18.9. The van der Waals surface area contributed by atoms with Gasteiger partial charge in [-0.2, -0.15) is 0 Å². The summed E-state index contributed by atoms with van der Waals surface area (Å²) in [5.74, 6) is 5.67. The maximum absolute atomic E-state index is 12.0. The van der Waals surface area contributed by atoms with Crippen molar-refractivity contribution in [3.63, 3.8) is 0 Å². The van der Waals surface area contributed by atoms with Crippen LogP contribution in [0.4, 0.5) is 5.69 Å². The Kier molecular flexibility index (Phi) is 11.7. The summed E-state index contributed by atoms with van der Waals surface area (Å²) in [6, 6.07) is 5.41. The van der Waals surface area contributed by atoms with Gasteiger partial charge < -0.3 is 14.2 Å². The molecule has 0 unspecified atom stereocenters. The minimum atomic E-state index is -0.538. The molecule has 4 aliphatic rings. The number of allylic oxidation sites excluding steroid dienone is 2. The molecule has 256 valence electrons. The van der Waals surface area contributed by atoms with Gasteiger partial charge in [-0.25, -0.2) is 4.79 Å². The normalized spacial score (nSPS) is 32.7. The second kappa shape index (κ2) is 15.3. The molecule has 0 heterocycles. The molecule has 0 saturated heterocycles. The van der Waals surface area contributed by atoms with E-state index in [2.05, 4.69) is 40.7 Å². The van der Waals surface area contributed by atoms with Gasteiger partial charge in [-0.1, -0.05) is 65.5 Å². The number of rotatable bonds is 15. The molecule has 1 aromatic carbocycles. The smallest absolute Gasteiger partial charge is 0.337 e. The first kappa shape index (κ1) is 35.1. The quantitative estimate of drug-likeness (QED) is 0.0475. The Balaban J connectivity index is 1.02. The van der Waals surface area contributed by atoms with Gasteiger partial charge >= 0.3 is 5.97 Å². The van der Waals surface area contributed by atoms with Crippen LogP contribution < -0.4 is 4.74 Å². The SMILES string of the molecule is CC(C)CCC[C@@H](C)[C@H]1CC[C@H]2[C@@H]3CC=C4C[C@@H](CCOCCOCC(=O)Oc5ccc([N+](=O)[O-])cc5)CC[C@]4(C)[C@H]3CC[C@]12C. The number of nitro benzene ring substituents is 1. The van der Waals surface area contributed by atoms with Crippen LogP contribution in [0.3, 0.4) is 0 Å². The van der Waals surface area contributed by atoms with Gasteiger partial charge in [0.15, 0.2) is 0 Å². The van der Waals surface area contributed by atoms with E-state index in [0.717, 1.165) is 41.9 Å². The molecular formula is C39H59NO6. The molecule has 7 heteroatoms. The van der Waals surface area contributed by atoms with Crippen molar-refractivity contribution in [1.29, 1.82) is 0 Å². The van der Waals surface area contributed by atoms with Gasteiger partial charge in [-0.15, -0.1) is 0 Å². The average Bonchev–Trinajstić information content (AvgIpc) is 3.38. The number of fused-ring (bicyclic) bond motifs is 5. The maximum atomic E-state index is 12.0. The second-order valence-corrected chi connectivity index (χ2v) is 16.1. The Morgan fingerprint density at radius 3 is 2.46 bits per heavy atom. The third-order valence-electron chi connectivity index (χ3n) is 12.9. The van der Waals surface area contributed by atoms with E-state index in [1.807, 2.05) is 0 Å². The number of hydrogen-bond donors (Lipinski definition) is 0. The van der Waals surface area contributed by atoms with E-state index in [9.17, 15) is 14.9 Å². The first-order chi connectivity index (χ1) is 22.0. The first-order valence-corrected chi connectivity index (χ1v) is 18.3. The largest absolute Gasteiger partial charge is 0.425 e. The molecule has 7 nitrogen and oxygen atoms in total. The fraction of sp³-hybridized carbons (Fsp3) is 0.769. The van der Waals surface area contributed by atoms with Crippen LogP contribution in [0.5, 0.6) is 5.75 Å². The number of nitrogens with zero attached hydrogens (tertiary/aromatic N) is 1. The molecule has 0 amide bonds. The van der Waals surface area contributed by atoms with E-state index in [-0.39, 0.29) is 18.0 Å². The molecule has 0 aromatic heterocycles. The zero-order chi connectivity index (χ0) is 32.9. The minimum Gasteiger partial charge on any atom is -0.425 e. The molecule has 1 aromatic rings. The zero-order valence-electron chi connectivity index (χ0n) is 29.1. The first-order valence-electron chi connectivity index (χ1n) is 18.3. The van der Waals surface area contributed by atoms with Gasteiger partial charge in [0.25, 0.3) is 5.69 Å². The molecule has 0 aliphatic heterocycles. The van der Waals surface area contributed by atoms with Crippen molar-refractivity contribution in [2.24, 2.45) is 52.3 Å². The van der Waals surface area contributed by atoms with Crippen LogP contribution in [0, 0.1) is 62.4 Å². The Morgan fingerprint density at radius 2 is 1.72 bits per heavy atom. The van der Waals surface area contributed by atoms with Crippen LogP contribution in [-0.4, -0.2) is 37.3 Å². The monoisotopic (exact) mass is 637 g/mol. The Labute approximate surface area is 277 Å². The predicted octanol–water partition coefficient (Wildman–Crippen LogP) is 9.58. The molecule has 5 rings (SSSR count). The second-order valence-electron chi connectivity index (χ2n) is 16.1. The lowest BCUT2D eigenvalue weighted by Gasteiger charge is -2.58. The highest BCUT2D eigenvalue weighted by Crippen LogP contribution is 2.67. The van der Waals surface area contributed by atoms with Crippen molar-refractivity contribution in [2.75, 3.05) is 26.4 Å². The molecule has 0 bridgehead atoms. The Hall–Kier alpha value is -2.25. The number of esters is 1. The molecule has 3 fully saturated rings. The van der Waals surface area contributed by atoms with Gasteiger partial charge in [-0.3, -0.25) is 10.1 Å². The zero-order valence-corrected chi connectivity index (χ0v) is 29.1. The van der Waals surface area contributed by atoms with E-state index in [0.29, 0.717) is 36.6 Å². The molecule has 0 spiro atoms. The molecule has 0 radical (unpaired) electrons. The summed E-state index contributed by atoms with van der Waals surface area (Å²) in [4.78, 5) is 22.2. The van der Waals surface area contributed by atoms with Gasteiger partial charge in [0.1, 0.15) is 12.4 Å². The summed E-state index contributed by atoms with van der Waals surface area (Å²) < 4.78 is 16.5. The van der Waals surface area contributed by atoms with E-state index >= 15 is 0 Å². The van der Waals surface area contributed by atoms with E-state index < -0.39 is 10.9 Å². The summed E-state index contributed by atoms with van der Waals surface area (Å²) >= 11 is 0. The maximum Gasteiger partial charge on any atom is 0.337 e. The van der Waals surface area contributed by atoms with Crippen LogP contribution in [-0.2, 0) is 14.3 Å². The van der Waals surface area contributed by atoms with Crippen LogP contribution in [0.25, 0.3) is 0 Å². The number of carbonyl (C=O) groups excluding carboxylic acids is 1. The van der Waals surface area contributed by atoms with Crippen molar-refractivity contribution < 1.29 is 23.9 Å². The fourth-order valence-corrected chi connectivity index (χ4v) is 10.4. The van der Waals surface area contributed by atoms with Gasteiger partial charge in [-0.05, 0) is 122 Å². The van der Waals surface area contributed by atoms with Gasteiger partial charge in [0.05, 0.1) is 18.1 Å². The third kappa shape index (κ3) is 7.89. The lowest BCUT2D eigenvalue weighted by Crippen LogP contribution is -2.50. The molecule has 8 atom stereocenters. The number of nitro groups is 1. The Morgan fingerprint density at radius 1 is 0.957 bits per heavy atom.